The molecule has 0 bridgehead atoms. The molecular weight excluding hydrogens is 744 g/mol. The van der Waals surface area contributed by atoms with E-state index in [9.17, 15) is 38.7 Å². The van der Waals surface area contributed by atoms with Crippen LogP contribution in [0.3, 0.4) is 0 Å². The number of carbonyl (C=O) groups excluding carboxylic acids is 6. The topological polar surface area (TPSA) is 420 Å². The third-order valence-electron chi connectivity index (χ3n) is 9.02. The van der Waals surface area contributed by atoms with Crippen LogP contribution < -0.4 is 77.8 Å². The van der Waals surface area contributed by atoms with Crippen molar-refractivity contribution in [1.82, 2.24) is 31.9 Å². The predicted molar refractivity (Wildman–Crippen MR) is 215 cm³/mol. The molecule has 0 saturated heterocycles. The maximum atomic E-state index is 13.8. The van der Waals surface area contributed by atoms with E-state index in [1.807, 2.05) is 0 Å². The van der Waals surface area contributed by atoms with Gasteiger partial charge >= 0.3 is 5.97 Å². The summed E-state index contributed by atoms with van der Waals surface area (Å²) in [4.78, 5) is 92.4. The maximum Gasteiger partial charge on any atom is 0.326 e. The molecule has 0 spiro atoms. The Kier molecular flexibility index (Phi) is 29.7. The summed E-state index contributed by atoms with van der Waals surface area (Å²) in [5, 5.41) is 25.3. The SMILES string of the molecule is NCCC[C@H](NC(=O)[C@H](CCCN)NC(=O)[C@H](CCCN)NC(=O)[C@H](CCCN)NC(=O)[C@H](CCCN)NC(=O)[C@H](CCCN)NC(=O)[C@@H](N)CCCN)C(=O)O. The average Bonchev–Trinajstić information content (AvgIpc) is 3.19. The quantitative estimate of drug-likeness (QED) is 0.0288. The fraction of sp³-hybridized carbons (Fsp3) is 0.800. The fourth-order valence-corrected chi connectivity index (χ4v) is 5.64. The fourth-order valence-electron chi connectivity index (χ4n) is 5.64. The first kappa shape index (κ1) is 53.0. The van der Waals surface area contributed by atoms with Crippen LogP contribution in [0.4, 0.5) is 0 Å². The van der Waals surface area contributed by atoms with Gasteiger partial charge in [-0.15, -0.1) is 0 Å². The minimum absolute atomic E-state index is 0.0616. The molecule has 0 aromatic rings. The molecule has 22 nitrogen and oxygen atoms in total. The first-order valence-corrected chi connectivity index (χ1v) is 20.0. The van der Waals surface area contributed by atoms with Crippen LogP contribution in [-0.4, -0.2) is 135 Å². The molecule has 0 aliphatic heterocycles. The second-order valence-corrected chi connectivity index (χ2v) is 13.8. The zero-order valence-electron chi connectivity index (χ0n) is 33.3. The Morgan fingerprint density at radius 1 is 0.333 bits per heavy atom. The molecule has 0 rings (SSSR count). The maximum absolute atomic E-state index is 13.8. The van der Waals surface area contributed by atoms with Crippen LogP contribution in [0.15, 0.2) is 0 Å². The Labute approximate surface area is 335 Å². The van der Waals surface area contributed by atoms with Crippen LogP contribution in [0.5, 0.6) is 0 Å². The van der Waals surface area contributed by atoms with Gasteiger partial charge in [-0.05, 0) is 136 Å². The summed E-state index contributed by atoms with van der Waals surface area (Å²) in [7, 11) is 0. The molecule has 7 atom stereocenters. The molecule has 0 aliphatic rings. The second-order valence-electron chi connectivity index (χ2n) is 13.8. The molecule has 330 valence electrons. The largest absolute Gasteiger partial charge is 0.480 e. The van der Waals surface area contributed by atoms with Crippen molar-refractivity contribution in [1.29, 1.82) is 0 Å². The van der Waals surface area contributed by atoms with Gasteiger partial charge in [0.2, 0.25) is 35.4 Å². The van der Waals surface area contributed by atoms with Gasteiger partial charge in [0.15, 0.2) is 0 Å². The van der Waals surface area contributed by atoms with Crippen LogP contribution in [0.1, 0.15) is 89.9 Å². The number of rotatable bonds is 34. The van der Waals surface area contributed by atoms with Crippen molar-refractivity contribution in [2.24, 2.45) is 45.9 Å². The summed E-state index contributed by atoms with van der Waals surface area (Å²) in [6.45, 7) is 1.49. The van der Waals surface area contributed by atoms with E-state index in [1.54, 1.807) is 0 Å². The van der Waals surface area contributed by atoms with Crippen molar-refractivity contribution < 1.29 is 38.7 Å². The third kappa shape index (κ3) is 22.5. The molecule has 0 fully saturated rings. The summed E-state index contributed by atoms with van der Waals surface area (Å²) in [6, 6.07) is -7.98. The molecular formula is C35H72N14O8. The number of amides is 6. The molecule has 0 aromatic heterocycles. The Bertz CT molecular complexity index is 1220. The van der Waals surface area contributed by atoms with E-state index < -0.39 is 83.7 Å². The normalized spacial score (nSPS) is 14.8. The Morgan fingerprint density at radius 3 is 0.754 bits per heavy atom. The van der Waals surface area contributed by atoms with Crippen LogP contribution in [0, 0.1) is 0 Å². The number of hydrogen-bond acceptors (Lipinski definition) is 15. The summed E-state index contributed by atoms with van der Waals surface area (Å²) >= 11 is 0. The third-order valence-corrected chi connectivity index (χ3v) is 9.02. The van der Waals surface area contributed by atoms with Gasteiger partial charge in [0.1, 0.15) is 36.3 Å². The molecule has 0 radical (unpaired) electrons. The van der Waals surface area contributed by atoms with Crippen molar-refractivity contribution in [3.05, 3.63) is 0 Å². The lowest BCUT2D eigenvalue weighted by molar-refractivity contribution is -0.142. The highest BCUT2D eigenvalue weighted by atomic mass is 16.4. The molecule has 0 unspecified atom stereocenters. The van der Waals surface area contributed by atoms with E-state index in [-0.39, 0.29) is 77.8 Å². The van der Waals surface area contributed by atoms with Crippen molar-refractivity contribution in [3.8, 4) is 0 Å². The first-order valence-electron chi connectivity index (χ1n) is 20.0. The highest BCUT2D eigenvalue weighted by molar-refractivity contribution is 5.97. The second kappa shape index (κ2) is 32.0. The minimum Gasteiger partial charge on any atom is -0.480 e. The highest BCUT2D eigenvalue weighted by Crippen LogP contribution is 2.08. The first-order chi connectivity index (χ1) is 27.2. The van der Waals surface area contributed by atoms with Crippen LogP contribution >= 0.6 is 0 Å². The number of carbonyl (C=O) groups is 7. The Morgan fingerprint density at radius 2 is 0.526 bits per heavy atom. The predicted octanol–water partition coefficient (Wildman–Crippen LogP) is -5.52. The number of hydrogen-bond donors (Lipinski definition) is 15. The summed E-state index contributed by atoms with van der Waals surface area (Å²) in [5.74, 6) is -5.44. The molecule has 0 aliphatic carbocycles. The lowest BCUT2D eigenvalue weighted by atomic mass is 10.0. The molecule has 22 heteroatoms. The van der Waals surface area contributed by atoms with Crippen molar-refractivity contribution in [2.75, 3.05) is 45.8 Å². The van der Waals surface area contributed by atoms with Crippen LogP contribution in [0.2, 0.25) is 0 Å². The number of carboxylic acids is 1. The summed E-state index contributed by atoms with van der Waals surface area (Å²) < 4.78 is 0. The number of aliphatic carboxylic acids is 1. The Balaban J connectivity index is 6.21. The zero-order valence-corrected chi connectivity index (χ0v) is 33.3. The minimum atomic E-state index is -1.26. The molecule has 0 heterocycles. The van der Waals surface area contributed by atoms with E-state index in [4.69, 9.17) is 45.9 Å². The molecule has 0 aromatic carbocycles. The number of nitrogens with two attached hydrogens (primary N) is 8. The van der Waals surface area contributed by atoms with E-state index in [2.05, 4.69) is 31.9 Å². The van der Waals surface area contributed by atoms with E-state index in [0.29, 0.717) is 57.9 Å². The molecule has 6 amide bonds. The van der Waals surface area contributed by atoms with Crippen molar-refractivity contribution >= 4 is 41.4 Å². The summed E-state index contributed by atoms with van der Waals surface area (Å²) in [5.41, 5.74) is 45.5. The van der Waals surface area contributed by atoms with E-state index in [1.165, 1.54) is 0 Å². The number of nitrogens with one attached hydrogen (secondary N) is 6. The van der Waals surface area contributed by atoms with Gasteiger partial charge in [-0.1, -0.05) is 0 Å². The zero-order chi connectivity index (χ0) is 43.2. The van der Waals surface area contributed by atoms with Crippen molar-refractivity contribution in [2.45, 2.75) is 132 Å². The molecule has 57 heavy (non-hydrogen) atoms. The number of carboxylic acid groups (broad SMARTS) is 1. The lowest BCUT2D eigenvalue weighted by Crippen LogP contribution is -2.60. The van der Waals surface area contributed by atoms with E-state index >= 15 is 0 Å². The molecule has 23 N–H and O–H groups in total. The van der Waals surface area contributed by atoms with Gasteiger partial charge in [0.25, 0.3) is 0 Å². The molecule has 0 saturated carbocycles. The van der Waals surface area contributed by atoms with Gasteiger partial charge in [-0.2, -0.15) is 0 Å². The van der Waals surface area contributed by atoms with Gasteiger partial charge in [-0.3, -0.25) is 28.8 Å². The van der Waals surface area contributed by atoms with Gasteiger partial charge in [-0.25, -0.2) is 4.79 Å². The highest BCUT2D eigenvalue weighted by Gasteiger charge is 2.33. The van der Waals surface area contributed by atoms with E-state index in [0.717, 1.165) is 0 Å². The van der Waals surface area contributed by atoms with Crippen molar-refractivity contribution in [3.63, 3.8) is 0 Å². The van der Waals surface area contributed by atoms with Crippen LogP contribution in [0.25, 0.3) is 0 Å². The monoisotopic (exact) mass is 817 g/mol. The van der Waals surface area contributed by atoms with Crippen LogP contribution in [-0.2, 0) is 33.6 Å². The lowest BCUT2D eigenvalue weighted by Gasteiger charge is -2.28. The Hall–Kier alpha value is -4.03. The van der Waals surface area contributed by atoms with Gasteiger partial charge < -0.3 is 82.9 Å². The standard InChI is InChI=1S/C35H72N14O8/c36-15-1-8-22(43)29(50)44-23(9-2-16-37)30(51)45-24(10-3-17-38)31(52)46-25(11-4-18-39)32(53)47-26(12-5-19-40)33(54)48-27(13-6-20-41)34(55)49-28(35(56)57)14-7-21-42/h22-28H,1-21,36-43H2,(H,44,50)(H,45,51)(H,46,52)(H,47,53)(H,48,54)(H,49,55)(H,56,57)/t22-,23-,24-,25-,26-,27-,28-/m0/s1. The summed E-state index contributed by atoms with van der Waals surface area (Å²) in [6.07, 6.45) is 3.31. The smallest absolute Gasteiger partial charge is 0.326 e. The van der Waals surface area contributed by atoms with Gasteiger partial charge in [0, 0.05) is 0 Å². The van der Waals surface area contributed by atoms with Gasteiger partial charge in [0.05, 0.1) is 6.04 Å². The average molecular weight is 817 g/mol.